The maximum atomic E-state index is 11.8. The average molecular weight is 371 g/mol. The topological polar surface area (TPSA) is 51.5 Å². The molecule has 0 saturated heterocycles. The largest absolute Gasteiger partial charge is 0.462 e. The molecule has 1 heterocycles. The fourth-order valence-corrected chi connectivity index (χ4v) is 3.24. The second-order valence-electron chi connectivity index (χ2n) is 5.08. The lowest BCUT2D eigenvalue weighted by Gasteiger charge is -2.05. The highest BCUT2D eigenvalue weighted by atomic mass is 35.5. The van der Waals surface area contributed by atoms with Gasteiger partial charge in [-0.25, -0.2) is 9.79 Å². The molecule has 0 radical (unpaired) electrons. The Labute approximate surface area is 154 Å². The highest BCUT2D eigenvalue weighted by Crippen LogP contribution is 2.32. The number of esters is 1. The van der Waals surface area contributed by atoms with Crippen LogP contribution < -0.4 is 0 Å². The Bertz CT molecular complexity index is 907. The Morgan fingerprint density at radius 2 is 1.92 bits per heavy atom. The van der Waals surface area contributed by atoms with Crippen molar-refractivity contribution in [3.05, 3.63) is 70.1 Å². The summed E-state index contributed by atoms with van der Waals surface area (Å²) in [7, 11) is 0. The first-order valence-corrected chi connectivity index (χ1v) is 8.86. The van der Waals surface area contributed by atoms with Gasteiger partial charge in [0.1, 0.15) is 5.02 Å². The molecule has 0 aliphatic rings. The molecule has 3 rings (SSSR count). The predicted molar refractivity (Wildman–Crippen MR) is 102 cm³/mol. The maximum absolute atomic E-state index is 11.8. The lowest BCUT2D eigenvalue weighted by atomic mass is 10.0. The Morgan fingerprint density at radius 1 is 1.20 bits per heavy atom. The number of nitrogens with zero attached hydrogens (tertiary/aromatic N) is 2. The predicted octanol–water partition coefficient (Wildman–Crippen LogP) is 5.39. The molecule has 0 bridgehead atoms. The molecule has 0 unspecified atom stereocenters. The molecule has 3 aromatic rings. The molecule has 0 fully saturated rings. The van der Waals surface area contributed by atoms with Crippen molar-refractivity contribution < 1.29 is 9.53 Å². The summed E-state index contributed by atoms with van der Waals surface area (Å²) in [5, 5.41) is 0.219. The zero-order valence-electron chi connectivity index (χ0n) is 13.5. The third kappa shape index (κ3) is 3.95. The molecular weight excluding hydrogens is 356 g/mol. The van der Waals surface area contributed by atoms with E-state index in [1.165, 1.54) is 0 Å². The van der Waals surface area contributed by atoms with Crippen LogP contribution in [0.3, 0.4) is 0 Å². The summed E-state index contributed by atoms with van der Waals surface area (Å²) in [6.07, 6.45) is 1.71. The Kier molecular flexibility index (Phi) is 5.58. The van der Waals surface area contributed by atoms with Gasteiger partial charge < -0.3 is 4.74 Å². The molecule has 0 amide bonds. The van der Waals surface area contributed by atoms with E-state index in [-0.39, 0.29) is 16.5 Å². The average Bonchev–Trinajstić information content (AvgIpc) is 3.02. The number of aliphatic imine (C=N–C) groups is 1. The van der Waals surface area contributed by atoms with Crippen LogP contribution in [0, 0.1) is 0 Å². The van der Waals surface area contributed by atoms with Crippen LogP contribution in [0.1, 0.15) is 22.2 Å². The minimum absolute atomic E-state index is 0.219. The van der Waals surface area contributed by atoms with Crippen LogP contribution in [-0.4, -0.2) is 23.2 Å². The van der Waals surface area contributed by atoms with Crippen LogP contribution in [0.5, 0.6) is 0 Å². The molecule has 0 aliphatic heterocycles. The SMILES string of the molecule is CCOC(=O)c1snc(N=Cc2ccccc2-c2ccccc2)c1Cl. The summed E-state index contributed by atoms with van der Waals surface area (Å²) in [5.74, 6) is -0.159. The third-order valence-electron chi connectivity index (χ3n) is 3.45. The monoisotopic (exact) mass is 370 g/mol. The Balaban J connectivity index is 1.90. The lowest BCUT2D eigenvalue weighted by Crippen LogP contribution is -2.02. The molecule has 4 nitrogen and oxygen atoms in total. The van der Waals surface area contributed by atoms with E-state index >= 15 is 0 Å². The molecular formula is C19H15ClN2O2S. The van der Waals surface area contributed by atoms with E-state index in [9.17, 15) is 4.79 Å². The van der Waals surface area contributed by atoms with Crippen LogP contribution in [0.15, 0.2) is 59.6 Å². The number of benzene rings is 2. The smallest absolute Gasteiger partial charge is 0.351 e. The molecule has 126 valence electrons. The molecule has 25 heavy (non-hydrogen) atoms. The highest BCUT2D eigenvalue weighted by Gasteiger charge is 2.18. The van der Waals surface area contributed by atoms with Crippen molar-refractivity contribution in [1.29, 1.82) is 0 Å². The van der Waals surface area contributed by atoms with E-state index in [4.69, 9.17) is 16.3 Å². The summed E-state index contributed by atoms with van der Waals surface area (Å²) >= 11 is 7.20. The van der Waals surface area contributed by atoms with E-state index in [0.717, 1.165) is 28.2 Å². The van der Waals surface area contributed by atoms with Crippen molar-refractivity contribution in [1.82, 2.24) is 4.37 Å². The quantitative estimate of drug-likeness (QED) is 0.447. The van der Waals surface area contributed by atoms with Gasteiger partial charge in [-0.1, -0.05) is 66.2 Å². The second kappa shape index (κ2) is 8.05. The maximum Gasteiger partial charge on any atom is 0.351 e. The number of aromatic nitrogens is 1. The van der Waals surface area contributed by atoms with Crippen molar-refractivity contribution in [2.75, 3.05) is 6.61 Å². The molecule has 1 aromatic heterocycles. The summed E-state index contributed by atoms with van der Waals surface area (Å²) < 4.78 is 9.10. The van der Waals surface area contributed by atoms with Crippen LogP contribution in [0.4, 0.5) is 5.82 Å². The number of hydrogen-bond donors (Lipinski definition) is 0. The summed E-state index contributed by atoms with van der Waals surface area (Å²) in [4.78, 5) is 16.4. The number of ether oxygens (including phenoxy) is 1. The van der Waals surface area contributed by atoms with Gasteiger partial charge in [-0.2, -0.15) is 4.37 Å². The first kappa shape index (κ1) is 17.3. The van der Waals surface area contributed by atoms with E-state index in [0.29, 0.717) is 5.82 Å². The number of rotatable bonds is 5. The lowest BCUT2D eigenvalue weighted by molar-refractivity contribution is 0.0532. The van der Waals surface area contributed by atoms with E-state index in [2.05, 4.69) is 9.37 Å². The number of carbonyl (C=O) groups is 1. The van der Waals surface area contributed by atoms with Crippen LogP contribution in [0.2, 0.25) is 5.02 Å². The summed E-state index contributed by atoms with van der Waals surface area (Å²) in [5.41, 5.74) is 3.10. The van der Waals surface area contributed by atoms with Crippen molar-refractivity contribution in [3.8, 4) is 11.1 Å². The summed E-state index contributed by atoms with van der Waals surface area (Å²) in [6.45, 7) is 2.03. The first-order chi connectivity index (χ1) is 12.2. The van der Waals surface area contributed by atoms with E-state index < -0.39 is 5.97 Å². The van der Waals surface area contributed by atoms with Gasteiger partial charge in [0, 0.05) is 11.8 Å². The fourth-order valence-electron chi connectivity index (χ4n) is 2.30. The first-order valence-electron chi connectivity index (χ1n) is 7.71. The molecule has 0 N–H and O–H groups in total. The summed E-state index contributed by atoms with van der Waals surface area (Å²) in [6, 6.07) is 18.0. The number of carbonyl (C=O) groups excluding carboxylic acids is 1. The van der Waals surface area contributed by atoms with Crippen molar-refractivity contribution in [3.63, 3.8) is 0 Å². The van der Waals surface area contributed by atoms with Gasteiger partial charge in [0.15, 0.2) is 10.7 Å². The molecule has 2 aromatic carbocycles. The molecule has 6 heteroatoms. The van der Waals surface area contributed by atoms with Gasteiger partial charge in [0.2, 0.25) is 0 Å². The zero-order valence-corrected chi connectivity index (χ0v) is 15.1. The van der Waals surface area contributed by atoms with Crippen LogP contribution in [-0.2, 0) is 4.74 Å². The van der Waals surface area contributed by atoms with Crippen LogP contribution >= 0.6 is 23.1 Å². The fraction of sp³-hybridized carbons (Fsp3) is 0.105. The van der Waals surface area contributed by atoms with Gasteiger partial charge >= 0.3 is 5.97 Å². The molecule has 0 aliphatic carbocycles. The third-order valence-corrected chi connectivity index (χ3v) is 4.74. The van der Waals surface area contributed by atoms with Gasteiger partial charge in [0.25, 0.3) is 0 Å². The van der Waals surface area contributed by atoms with Gasteiger partial charge in [0.05, 0.1) is 6.61 Å². The van der Waals surface area contributed by atoms with Gasteiger partial charge in [-0.3, -0.25) is 0 Å². The van der Waals surface area contributed by atoms with E-state index in [1.807, 2.05) is 54.6 Å². The van der Waals surface area contributed by atoms with E-state index in [1.54, 1.807) is 13.1 Å². The minimum atomic E-state index is -0.476. The second-order valence-corrected chi connectivity index (χ2v) is 6.23. The zero-order chi connectivity index (χ0) is 17.6. The van der Waals surface area contributed by atoms with Crippen molar-refractivity contribution in [2.24, 2.45) is 4.99 Å². The number of hydrogen-bond acceptors (Lipinski definition) is 5. The molecule has 0 atom stereocenters. The van der Waals surface area contributed by atoms with Crippen molar-refractivity contribution >= 4 is 41.1 Å². The highest BCUT2D eigenvalue weighted by molar-refractivity contribution is 7.09. The standard InChI is InChI=1S/C19H15ClN2O2S/c1-2-24-19(23)17-16(20)18(22-25-17)21-12-14-10-6-7-11-15(14)13-8-4-3-5-9-13/h3-12H,2H2,1H3. The normalized spacial score (nSPS) is 11.0. The van der Waals surface area contributed by atoms with Crippen molar-refractivity contribution in [2.45, 2.75) is 6.92 Å². The Hall–Kier alpha value is -2.50. The Morgan fingerprint density at radius 3 is 2.68 bits per heavy atom. The number of halogens is 1. The minimum Gasteiger partial charge on any atom is -0.462 e. The van der Waals surface area contributed by atoms with Crippen LogP contribution in [0.25, 0.3) is 11.1 Å². The molecule has 0 saturated carbocycles. The van der Waals surface area contributed by atoms with Gasteiger partial charge in [-0.05, 0) is 29.6 Å². The molecule has 0 spiro atoms. The van der Waals surface area contributed by atoms with Gasteiger partial charge in [-0.15, -0.1) is 0 Å².